The van der Waals surface area contributed by atoms with Crippen LogP contribution in [0.15, 0.2) is 45.0 Å². The van der Waals surface area contributed by atoms with Crippen LogP contribution in [0.3, 0.4) is 0 Å². The van der Waals surface area contributed by atoms with Gasteiger partial charge in [0.15, 0.2) is 5.78 Å². The van der Waals surface area contributed by atoms with Gasteiger partial charge in [-0.05, 0) is 30.0 Å². The first-order valence-electron chi connectivity index (χ1n) is 8.34. The molecule has 2 heterocycles. The summed E-state index contributed by atoms with van der Waals surface area (Å²) in [5.41, 5.74) is 3.33. The zero-order valence-electron chi connectivity index (χ0n) is 14.4. The number of aromatic amines is 1. The van der Waals surface area contributed by atoms with Crippen LogP contribution in [0.4, 0.5) is 0 Å². The average Bonchev–Trinajstić information content (AvgIpc) is 3.03. The van der Waals surface area contributed by atoms with E-state index in [1.165, 1.54) is 11.3 Å². The molecule has 0 aliphatic heterocycles. The first kappa shape index (κ1) is 17.4. The predicted molar refractivity (Wildman–Crippen MR) is 108 cm³/mol. The number of hydrogen-bond donors (Lipinski definition) is 1. The van der Waals surface area contributed by atoms with E-state index in [9.17, 15) is 9.59 Å². The lowest BCUT2D eigenvalue weighted by molar-refractivity contribution is 0.0910. The first-order chi connectivity index (χ1) is 12.3. The van der Waals surface area contributed by atoms with Crippen molar-refractivity contribution in [3.05, 3.63) is 61.8 Å². The van der Waals surface area contributed by atoms with E-state index in [-0.39, 0.29) is 16.8 Å². The Labute approximate surface area is 163 Å². The molecule has 4 rings (SSSR count). The van der Waals surface area contributed by atoms with Crippen molar-refractivity contribution in [3.8, 4) is 21.8 Å². The van der Waals surface area contributed by atoms with Crippen molar-refractivity contribution in [2.45, 2.75) is 26.7 Å². The summed E-state index contributed by atoms with van der Waals surface area (Å²) in [4.78, 5) is 32.6. The molecule has 1 aromatic carbocycles. The van der Waals surface area contributed by atoms with Crippen molar-refractivity contribution in [3.63, 3.8) is 0 Å². The second-order valence-electron chi connectivity index (χ2n) is 7.39. The average molecular weight is 429 g/mol. The topological polar surface area (TPSA) is 62.8 Å². The van der Waals surface area contributed by atoms with Crippen molar-refractivity contribution >= 4 is 33.0 Å². The Morgan fingerprint density at radius 3 is 2.58 bits per heavy atom. The third kappa shape index (κ3) is 3.19. The molecule has 0 atom stereocenters. The Morgan fingerprint density at radius 2 is 1.85 bits per heavy atom. The van der Waals surface area contributed by atoms with Crippen molar-refractivity contribution < 1.29 is 4.79 Å². The lowest BCUT2D eigenvalue weighted by Gasteiger charge is -2.29. The minimum atomic E-state index is -0.189. The quantitative estimate of drug-likeness (QED) is 0.618. The van der Waals surface area contributed by atoms with Gasteiger partial charge in [0, 0.05) is 33.1 Å². The number of ketones is 1. The number of halogens is 1. The molecule has 0 saturated carbocycles. The number of fused-ring (bicyclic) bond motifs is 1. The molecule has 2 aromatic heterocycles. The zero-order chi connectivity index (χ0) is 18.5. The second kappa shape index (κ2) is 6.28. The van der Waals surface area contributed by atoms with E-state index in [1.807, 2.05) is 43.5 Å². The Morgan fingerprint density at radius 1 is 1.12 bits per heavy atom. The molecule has 132 valence electrons. The first-order valence-corrected chi connectivity index (χ1v) is 10.0. The number of pyridine rings is 1. The number of aromatic nitrogens is 2. The maximum absolute atomic E-state index is 12.6. The molecule has 0 saturated heterocycles. The number of benzene rings is 1. The van der Waals surface area contributed by atoms with E-state index in [4.69, 9.17) is 0 Å². The standard InChI is InChI=1S/C20H17BrN2O2S/c1-20(2)8-15-13(17(24)9-20)7-14(18(25)22-15)19-23-16(10-26-19)11-3-5-12(21)6-4-11/h3-7,10H,8-9H2,1-2H3,(H,22,25). The summed E-state index contributed by atoms with van der Waals surface area (Å²) in [6.45, 7) is 4.09. The number of thiazole rings is 1. The molecule has 26 heavy (non-hydrogen) atoms. The molecule has 0 amide bonds. The molecule has 3 aromatic rings. The van der Waals surface area contributed by atoms with Crippen LogP contribution >= 0.6 is 27.3 Å². The van der Waals surface area contributed by atoms with Crippen LogP contribution < -0.4 is 5.56 Å². The molecule has 0 unspecified atom stereocenters. The Hall–Kier alpha value is -2.05. The van der Waals surface area contributed by atoms with Gasteiger partial charge in [-0.2, -0.15) is 0 Å². The van der Waals surface area contributed by atoms with Crippen LogP contribution in [0.25, 0.3) is 21.8 Å². The molecule has 1 N–H and O–H groups in total. The molecule has 1 aliphatic rings. The molecular weight excluding hydrogens is 412 g/mol. The number of Topliss-reactive ketones (excluding diaryl/α,β-unsaturated/α-hetero) is 1. The molecule has 0 bridgehead atoms. The van der Waals surface area contributed by atoms with Crippen LogP contribution in [-0.4, -0.2) is 15.8 Å². The van der Waals surface area contributed by atoms with E-state index < -0.39 is 0 Å². The van der Waals surface area contributed by atoms with E-state index in [2.05, 4.69) is 25.9 Å². The minimum Gasteiger partial charge on any atom is -0.325 e. The van der Waals surface area contributed by atoms with Crippen LogP contribution in [-0.2, 0) is 6.42 Å². The third-order valence-electron chi connectivity index (χ3n) is 4.59. The molecule has 0 fully saturated rings. The minimum absolute atomic E-state index is 0.0819. The summed E-state index contributed by atoms with van der Waals surface area (Å²) in [5.74, 6) is 0.0819. The second-order valence-corrected chi connectivity index (χ2v) is 9.16. The fraction of sp³-hybridized carbons (Fsp3) is 0.250. The molecule has 0 spiro atoms. The smallest absolute Gasteiger partial charge is 0.258 e. The maximum Gasteiger partial charge on any atom is 0.258 e. The SMILES string of the molecule is CC1(C)CC(=O)c2cc(-c3nc(-c4ccc(Br)cc4)cs3)c(=O)[nH]c2C1. The van der Waals surface area contributed by atoms with Gasteiger partial charge in [0.25, 0.3) is 5.56 Å². The van der Waals surface area contributed by atoms with Crippen LogP contribution in [0.2, 0.25) is 0 Å². The number of carbonyl (C=O) groups is 1. The number of nitrogens with one attached hydrogen (secondary N) is 1. The summed E-state index contributed by atoms with van der Waals surface area (Å²) < 4.78 is 1.00. The molecule has 0 radical (unpaired) electrons. The molecule has 6 heteroatoms. The van der Waals surface area contributed by atoms with Gasteiger partial charge in [-0.15, -0.1) is 11.3 Å². The van der Waals surface area contributed by atoms with Crippen LogP contribution in [0, 0.1) is 5.41 Å². The van der Waals surface area contributed by atoms with Gasteiger partial charge in [-0.3, -0.25) is 9.59 Å². The number of rotatable bonds is 2. The van der Waals surface area contributed by atoms with Crippen molar-refractivity contribution in [2.75, 3.05) is 0 Å². The van der Waals surface area contributed by atoms with Gasteiger partial charge in [-0.25, -0.2) is 4.98 Å². The van der Waals surface area contributed by atoms with Crippen molar-refractivity contribution in [1.29, 1.82) is 0 Å². The highest BCUT2D eigenvalue weighted by Crippen LogP contribution is 2.35. The summed E-state index contributed by atoms with van der Waals surface area (Å²) in [6.07, 6.45) is 1.19. The highest BCUT2D eigenvalue weighted by Gasteiger charge is 2.32. The number of carbonyl (C=O) groups excluding carboxylic acids is 1. The van der Waals surface area contributed by atoms with Gasteiger partial charge in [0.05, 0.1) is 11.3 Å². The van der Waals surface area contributed by atoms with E-state index >= 15 is 0 Å². The Bertz CT molecular complexity index is 1060. The Kier molecular flexibility index (Phi) is 4.20. The normalized spacial score (nSPS) is 15.7. The maximum atomic E-state index is 12.6. The lowest BCUT2D eigenvalue weighted by Crippen LogP contribution is -2.30. The highest BCUT2D eigenvalue weighted by molar-refractivity contribution is 9.10. The molecule has 4 nitrogen and oxygen atoms in total. The Balaban J connectivity index is 1.76. The summed E-state index contributed by atoms with van der Waals surface area (Å²) in [5, 5.41) is 2.56. The van der Waals surface area contributed by atoms with E-state index in [0.717, 1.165) is 21.4 Å². The van der Waals surface area contributed by atoms with E-state index in [0.29, 0.717) is 29.0 Å². The monoisotopic (exact) mass is 428 g/mol. The van der Waals surface area contributed by atoms with Gasteiger partial charge < -0.3 is 4.98 Å². The van der Waals surface area contributed by atoms with E-state index in [1.54, 1.807) is 6.07 Å². The number of hydrogen-bond acceptors (Lipinski definition) is 4. The summed E-state index contributed by atoms with van der Waals surface area (Å²) >= 11 is 4.84. The fourth-order valence-corrected chi connectivity index (χ4v) is 4.44. The van der Waals surface area contributed by atoms with Crippen LogP contribution in [0.5, 0.6) is 0 Å². The van der Waals surface area contributed by atoms with Crippen molar-refractivity contribution in [1.82, 2.24) is 9.97 Å². The highest BCUT2D eigenvalue weighted by atomic mass is 79.9. The molecular formula is C20H17BrN2O2S. The van der Waals surface area contributed by atoms with Gasteiger partial charge in [-0.1, -0.05) is 41.9 Å². The number of nitrogens with zero attached hydrogens (tertiary/aromatic N) is 1. The lowest BCUT2D eigenvalue weighted by atomic mass is 9.75. The van der Waals surface area contributed by atoms with Crippen LogP contribution in [0.1, 0.15) is 36.3 Å². The molecule has 1 aliphatic carbocycles. The number of H-pyrrole nitrogens is 1. The van der Waals surface area contributed by atoms with Gasteiger partial charge >= 0.3 is 0 Å². The predicted octanol–water partition coefficient (Wildman–Crippen LogP) is 5.08. The largest absolute Gasteiger partial charge is 0.325 e. The van der Waals surface area contributed by atoms with Gasteiger partial charge in [0.1, 0.15) is 5.01 Å². The fourth-order valence-electron chi connectivity index (χ4n) is 3.34. The van der Waals surface area contributed by atoms with Gasteiger partial charge in [0.2, 0.25) is 0 Å². The summed E-state index contributed by atoms with van der Waals surface area (Å²) in [7, 11) is 0. The third-order valence-corrected chi connectivity index (χ3v) is 6.00. The zero-order valence-corrected chi connectivity index (χ0v) is 16.8. The van der Waals surface area contributed by atoms with Crippen molar-refractivity contribution in [2.24, 2.45) is 5.41 Å². The summed E-state index contributed by atoms with van der Waals surface area (Å²) in [6, 6.07) is 9.59.